The molecule has 0 saturated heterocycles. The van der Waals surface area contributed by atoms with E-state index in [-0.39, 0.29) is 0 Å². The minimum absolute atomic E-state index is 0.951. The van der Waals surface area contributed by atoms with Gasteiger partial charge in [0.15, 0.2) is 6.34 Å². The summed E-state index contributed by atoms with van der Waals surface area (Å²) in [5.74, 6) is 0. The maximum Gasteiger partial charge on any atom is 0.163 e. The van der Waals surface area contributed by atoms with E-state index in [2.05, 4.69) is 0 Å². The monoisotopic (exact) mass is 186 g/mol. The van der Waals surface area contributed by atoms with Gasteiger partial charge in [0.05, 0.1) is 0 Å². The molecule has 1 unspecified atom stereocenters. The van der Waals surface area contributed by atoms with Crippen LogP contribution in [0.4, 0.5) is 0 Å². The Hall–Kier alpha value is -0.200. The molecule has 0 aromatic heterocycles. The molecule has 0 aliphatic carbocycles. The Balaban J connectivity index is 3.03. The lowest BCUT2D eigenvalue weighted by Gasteiger charge is -2.08. The molecule has 0 radical (unpaired) electrons. The van der Waals surface area contributed by atoms with Crippen molar-refractivity contribution >= 4 is 23.0 Å². The summed E-state index contributed by atoms with van der Waals surface area (Å²) < 4.78 is 11.7. The van der Waals surface area contributed by atoms with Crippen LogP contribution < -0.4 is 5.30 Å². The van der Waals surface area contributed by atoms with Crippen molar-refractivity contribution in [1.29, 1.82) is 0 Å². The maximum atomic E-state index is 11.7. The van der Waals surface area contributed by atoms with Gasteiger partial charge in [0.2, 0.25) is 0 Å². The molecule has 0 bridgehead atoms. The molecule has 1 nitrogen and oxygen atoms in total. The van der Waals surface area contributed by atoms with Gasteiger partial charge in [-0.3, -0.25) is 0 Å². The van der Waals surface area contributed by atoms with Gasteiger partial charge in [0.1, 0.15) is 0 Å². The van der Waals surface area contributed by atoms with Crippen molar-refractivity contribution in [2.75, 3.05) is 12.9 Å². The van der Waals surface area contributed by atoms with Crippen LogP contribution in [0.1, 0.15) is 0 Å². The normalized spacial score (nSPS) is 15.8. The van der Waals surface area contributed by atoms with Crippen molar-refractivity contribution in [2.45, 2.75) is 0 Å². The Kier molecular flexibility index (Phi) is 2.80. The molecule has 60 valence electrons. The van der Waals surface area contributed by atoms with Crippen LogP contribution >= 0.6 is 17.7 Å². The Labute approximate surface area is 71.3 Å². The van der Waals surface area contributed by atoms with Crippen LogP contribution in [0.5, 0.6) is 0 Å². The van der Waals surface area contributed by atoms with E-state index in [1.165, 1.54) is 11.4 Å². The predicted molar refractivity (Wildman–Crippen MR) is 53.1 cm³/mol. The van der Waals surface area contributed by atoms with Gasteiger partial charge in [0.25, 0.3) is 0 Å². The van der Waals surface area contributed by atoms with Crippen LogP contribution in [0.3, 0.4) is 0 Å². The van der Waals surface area contributed by atoms with Crippen molar-refractivity contribution in [1.82, 2.24) is 0 Å². The molecule has 0 saturated carbocycles. The SMILES string of the molecule is CSP(C)(=O)c1ccccc1. The van der Waals surface area contributed by atoms with Crippen molar-refractivity contribution < 1.29 is 4.57 Å². The van der Waals surface area contributed by atoms with Crippen molar-refractivity contribution in [2.24, 2.45) is 0 Å². The summed E-state index contributed by atoms with van der Waals surface area (Å²) in [6.45, 7) is 1.80. The molecular formula is C8H11OPS. The largest absolute Gasteiger partial charge is 0.307 e. The fraction of sp³-hybridized carbons (Fsp3) is 0.250. The van der Waals surface area contributed by atoms with Gasteiger partial charge in [-0.1, -0.05) is 41.7 Å². The second-order valence-corrected chi connectivity index (χ2v) is 8.12. The van der Waals surface area contributed by atoms with E-state index in [1.54, 1.807) is 6.66 Å². The van der Waals surface area contributed by atoms with Gasteiger partial charge in [-0.25, -0.2) is 0 Å². The molecule has 0 aliphatic heterocycles. The molecule has 0 aliphatic rings. The second kappa shape index (κ2) is 3.46. The number of benzene rings is 1. The minimum Gasteiger partial charge on any atom is -0.307 e. The molecule has 0 N–H and O–H groups in total. The van der Waals surface area contributed by atoms with E-state index in [9.17, 15) is 4.57 Å². The number of rotatable bonds is 2. The third kappa shape index (κ3) is 2.11. The average molecular weight is 186 g/mol. The second-order valence-electron chi connectivity index (χ2n) is 2.36. The van der Waals surface area contributed by atoms with Crippen LogP contribution in [0.15, 0.2) is 30.3 Å². The van der Waals surface area contributed by atoms with Crippen LogP contribution in [-0.2, 0) is 4.57 Å². The van der Waals surface area contributed by atoms with E-state index >= 15 is 0 Å². The summed E-state index contributed by atoms with van der Waals surface area (Å²) in [4.78, 5) is 0. The molecule has 1 aromatic rings. The molecule has 1 atom stereocenters. The summed E-state index contributed by atoms with van der Waals surface area (Å²) in [5.41, 5.74) is 0. The molecule has 0 fully saturated rings. The fourth-order valence-electron chi connectivity index (χ4n) is 0.804. The molecule has 0 amide bonds. The van der Waals surface area contributed by atoms with Gasteiger partial charge < -0.3 is 4.57 Å². The zero-order chi connectivity index (χ0) is 8.32. The topological polar surface area (TPSA) is 17.1 Å². The summed E-state index contributed by atoms with van der Waals surface area (Å²) in [6, 6.07) is 9.60. The molecular weight excluding hydrogens is 175 g/mol. The zero-order valence-corrected chi connectivity index (χ0v) is 8.36. The number of hydrogen-bond donors (Lipinski definition) is 0. The van der Waals surface area contributed by atoms with E-state index in [4.69, 9.17) is 0 Å². The van der Waals surface area contributed by atoms with E-state index in [0.29, 0.717) is 0 Å². The van der Waals surface area contributed by atoms with Crippen molar-refractivity contribution in [3.05, 3.63) is 30.3 Å². The number of hydrogen-bond acceptors (Lipinski definition) is 2. The third-order valence-corrected chi connectivity index (χ3v) is 6.23. The Morgan fingerprint density at radius 2 is 1.82 bits per heavy atom. The van der Waals surface area contributed by atoms with Crippen LogP contribution in [-0.4, -0.2) is 12.9 Å². The minimum atomic E-state index is -2.11. The summed E-state index contributed by atoms with van der Waals surface area (Å²) in [5, 5.41) is 0.951. The molecule has 1 rings (SSSR count). The summed E-state index contributed by atoms with van der Waals surface area (Å²) >= 11 is 1.44. The highest BCUT2D eigenvalue weighted by molar-refractivity contribution is 8.59. The quantitative estimate of drug-likeness (QED) is 0.660. The van der Waals surface area contributed by atoms with Gasteiger partial charge in [-0.05, 0) is 6.26 Å². The van der Waals surface area contributed by atoms with Gasteiger partial charge >= 0.3 is 0 Å². The lowest BCUT2D eigenvalue weighted by atomic mass is 10.4. The Morgan fingerprint density at radius 1 is 1.27 bits per heavy atom. The van der Waals surface area contributed by atoms with Gasteiger partial charge in [-0.2, -0.15) is 0 Å². The highest BCUT2D eigenvalue weighted by Gasteiger charge is 2.14. The first kappa shape index (κ1) is 8.89. The Bertz CT molecular complexity index is 271. The highest BCUT2D eigenvalue weighted by Crippen LogP contribution is 2.51. The lowest BCUT2D eigenvalue weighted by Crippen LogP contribution is -1.98. The zero-order valence-electron chi connectivity index (χ0n) is 6.65. The molecule has 11 heavy (non-hydrogen) atoms. The fourth-order valence-corrected chi connectivity index (χ4v) is 2.73. The van der Waals surface area contributed by atoms with Crippen LogP contribution in [0.2, 0.25) is 0 Å². The van der Waals surface area contributed by atoms with Crippen LogP contribution in [0, 0.1) is 0 Å². The predicted octanol–water partition coefficient (Wildman–Crippen LogP) is 2.58. The third-order valence-electron chi connectivity index (χ3n) is 1.57. The first-order valence-electron chi connectivity index (χ1n) is 3.35. The molecule has 0 heterocycles. The van der Waals surface area contributed by atoms with E-state index in [0.717, 1.165) is 5.30 Å². The maximum absolute atomic E-state index is 11.7. The summed E-state index contributed by atoms with van der Waals surface area (Å²) in [6.07, 6.45) is -0.226. The molecule has 0 spiro atoms. The standard InChI is InChI=1S/C8H11OPS/c1-10(9,11-2)8-6-4-3-5-7-8/h3-7H,1-2H3. The van der Waals surface area contributed by atoms with E-state index < -0.39 is 6.34 Å². The lowest BCUT2D eigenvalue weighted by molar-refractivity contribution is 0.594. The van der Waals surface area contributed by atoms with Gasteiger partial charge in [0, 0.05) is 12.0 Å². The molecule has 3 heteroatoms. The first-order valence-corrected chi connectivity index (χ1v) is 7.34. The average Bonchev–Trinajstić information content (AvgIpc) is 2.06. The smallest absolute Gasteiger partial charge is 0.163 e. The Morgan fingerprint density at radius 3 is 2.27 bits per heavy atom. The van der Waals surface area contributed by atoms with Crippen molar-refractivity contribution in [3.8, 4) is 0 Å². The van der Waals surface area contributed by atoms with Crippen LogP contribution in [0.25, 0.3) is 0 Å². The van der Waals surface area contributed by atoms with Gasteiger partial charge in [-0.15, -0.1) is 0 Å². The summed E-state index contributed by atoms with van der Waals surface area (Å²) in [7, 11) is 0. The first-order chi connectivity index (χ1) is 5.17. The highest BCUT2D eigenvalue weighted by atomic mass is 32.7. The van der Waals surface area contributed by atoms with Crippen molar-refractivity contribution in [3.63, 3.8) is 0 Å². The molecule has 1 aromatic carbocycles. The van der Waals surface area contributed by atoms with E-state index in [1.807, 2.05) is 36.6 Å².